The largest absolute Gasteiger partial charge is 0.461 e. The van der Waals surface area contributed by atoms with Gasteiger partial charge in [0.2, 0.25) is 0 Å². The molecule has 1 fully saturated rings. The van der Waals surface area contributed by atoms with Crippen molar-refractivity contribution >= 4 is 5.97 Å². The Morgan fingerprint density at radius 3 is 2.92 bits per heavy atom. The highest BCUT2D eigenvalue weighted by molar-refractivity contribution is 5.77. The van der Waals surface area contributed by atoms with Crippen molar-refractivity contribution < 1.29 is 13.9 Å². The van der Waals surface area contributed by atoms with Crippen LogP contribution in [-0.2, 0) is 9.53 Å². The Labute approximate surface area is 71.3 Å². The van der Waals surface area contributed by atoms with Gasteiger partial charge in [-0.1, -0.05) is 0 Å². The highest BCUT2D eigenvalue weighted by atomic mass is 19.1. The first-order valence-electron chi connectivity index (χ1n) is 4.16. The van der Waals surface area contributed by atoms with Gasteiger partial charge in [-0.3, -0.25) is 10.1 Å². The zero-order chi connectivity index (χ0) is 9.14. The first-order chi connectivity index (χ1) is 5.63. The lowest BCUT2D eigenvalue weighted by atomic mass is 10.1. The van der Waals surface area contributed by atoms with Crippen molar-refractivity contribution in [1.29, 1.82) is 0 Å². The summed E-state index contributed by atoms with van der Waals surface area (Å²) in [5, 5.41) is 2.86. The molecule has 1 heterocycles. The molecule has 3 atom stereocenters. The topological polar surface area (TPSA) is 38.3 Å². The van der Waals surface area contributed by atoms with Crippen LogP contribution in [0.25, 0.3) is 0 Å². The van der Waals surface area contributed by atoms with Crippen molar-refractivity contribution in [1.82, 2.24) is 5.32 Å². The van der Waals surface area contributed by atoms with Gasteiger partial charge in [-0.25, -0.2) is 4.39 Å². The summed E-state index contributed by atoms with van der Waals surface area (Å²) in [7, 11) is 0. The summed E-state index contributed by atoms with van der Waals surface area (Å²) in [6.45, 7) is 3.08. The van der Waals surface area contributed by atoms with E-state index in [4.69, 9.17) is 4.74 Å². The van der Waals surface area contributed by atoms with Crippen molar-refractivity contribution in [2.75, 3.05) is 6.67 Å². The number of halogens is 1. The SMILES string of the molecule is CC1CC(N[C@@H](C)CF)C(=O)O1. The van der Waals surface area contributed by atoms with E-state index in [0.29, 0.717) is 6.42 Å². The average Bonchev–Trinajstić information content (AvgIpc) is 2.30. The summed E-state index contributed by atoms with van der Waals surface area (Å²) in [6, 6.07) is -0.585. The van der Waals surface area contributed by atoms with E-state index >= 15 is 0 Å². The molecule has 0 spiro atoms. The molecule has 0 aromatic carbocycles. The Balaban J connectivity index is 2.37. The number of carbonyl (C=O) groups excluding carboxylic acids is 1. The monoisotopic (exact) mass is 175 g/mol. The Morgan fingerprint density at radius 1 is 1.83 bits per heavy atom. The molecule has 1 rings (SSSR count). The number of ether oxygens (including phenoxy) is 1. The number of hydrogen-bond donors (Lipinski definition) is 1. The van der Waals surface area contributed by atoms with E-state index in [1.807, 2.05) is 6.92 Å². The third-order valence-electron chi connectivity index (χ3n) is 1.89. The molecule has 0 aromatic rings. The lowest BCUT2D eigenvalue weighted by Gasteiger charge is -2.12. The van der Waals surface area contributed by atoms with Crippen LogP contribution in [0.4, 0.5) is 4.39 Å². The standard InChI is InChI=1S/C8H14FNO2/c1-5(4-9)10-7-3-6(2)12-8(7)11/h5-7,10H,3-4H2,1-2H3/t5-,6?,7?/m0/s1. The van der Waals surface area contributed by atoms with Gasteiger partial charge < -0.3 is 4.74 Å². The molecule has 1 aliphatic rings. The van der Waals surface area contributed by atoms with Crippen LogP contribution in [0.5, 0.6) is 0 Å². The molecule has 0 aromatic heterocycles. The Kier molecular flexibility index (Phi) is 3.03. The van der Waals surface area contributed by atoms with Gasteiger partial charge >= 0.3 is 5.97 Å². The van der Waals surface area contributed by atoms with Crippen LogP contribution in [-0.4, -0.2) is 30.8 Å². The molecule has 0 radical (unpaired) electrons. The molecule has 0 saturated carbocycles. The zero-order valence-electron chi connectivity index (χ0n) is 7.34. The third-order valence-corrected chi connectivity index (χ3v) is 1.89. The predicted octanol–water partition coefficient (Wildman–Crippen LogP) is 0.638. The van der Waals surface area contributed by atoms with E-state index in [2.05, 4.69) is 5.32 Å². The van der Waals surface area contributed by atoms with E-state index < -0.39 is 6.67 Å². The quantitative estimate of drug-likeness (QED) is 0.640. The van der Waals surface area contributed by atoms with Crippen molar-refractivity contribution in [2.24, 2.45) is 0 Å². The van der Waals surface area contributed by atoms with Crippen LogP contribution in [0, 0.1) is 0 Å². The average molecular weight is 175 g/mol. The Hall–Kier alpha value is -0.640. The first kappa shape index (κ1) is 9.45. The lowest BCUT2D eigenvalue weighted by Crippen LogP contribution is -2.40. The minimum absolute atomic E-state index is 0.0400. The number of hydrogen-bond acceptors (Lipinski definition) is 3. The molecule has 1 saturated heterocycles. The minimum atomic E-state index is -0.460. The molecule has 12 heavy (non-hydrogen) atoms. The fraction of sp³-hybridized carbons (Fsp3) is 0.875. The highest BCUT2D eigenvalue weighted by Crippen LogP contribution is 2.14. The summed E-state index contributed by atoms with van der Waals surface area (Å²) in [6.07, 6.45) is 0.602. The van der Waals surface area contributed by atoms with Crippen LogP contribution in [0.1, 0.15) is 20.3 Å². The Bertz CT molecular complexity index is 174. The van der Waals surface area contributed by atoms with Crippen LogP contribution < -0.4 is 5.32 Å². The lowest BCUT2D eigenvalue weighted by molar-refractivity contribution is -0.142. The maximum Gasteiger partial charge on any atom is 0.323 e. The normalized spacial score (nSPS) is 31.8. The highest BCUT2D eigenvalue weighted by Gasteiger charge is 2.32. The van der Waals surface area contributed by atoms with Crippen LogP contribution in [0.3, 0.4) is 0 Å². The smallest absolute Gasteiger partial charge is 0.323 e. The number of nitrogens with one attached hydrogen (secondary N) is 1. The summed E-state index contributed by atoms with van der Waals surface area (Å²) in [5.41, 5.74) is 0. The number of rotatable bonds is 3. The van der Waals surface area contributed by atoms with Gasteiger partial charge in [-0.15, -0.1) is 0 Å². The molecule has 1 N–H and O–H groups in total. The van der Waals surface area contributed by atoms with Gasteiger partial charge in [0.05, 0.1) is 0 Å². The summed E-state index contributed by atoms with van der Waals surface area (Å²) < 4.78 is 16.9. The molecule has 70 valence electrons. The van der Waals surface area contributed by atoms with Gasteiger partial charge in [-0.2, -0.15) is 0 Å². The van der Waals surface area contributed by atoms with Gasteiger partial charge in [0, 0.05) is 12.5 Å². The second-order valence-electron chi connectivity index (χ2n) is 3.26. The number of carbonyl (C=O) groups is 1. The van der Waals surface area contributed by atoms with Crippen molar-refractivity contribution in [3.63, 3.8) is 0 Å². The van der Waals surface area contributed by atoms with Crippen molar-refractivity contribution in [2.45, 2.75) is 38.5 Å². The van der Waals surface area contributed by atoms with Crippen molar-refractivity contribution in [3.05, 3.63) is 0 Å². The molecule has 4 heteroatoms. The molecule has 2 unspecified atom stereocenters. The van der Waals surface area contributed by atoms with E-state index in [-0.39, 0.29) is 24.2 Å². The van der Waals surface area contributed by atoms with E-state index in [0.717, 1.165) is 0 Å². The molecule has 0 amide bonds. The molecular formula is C8H14FNO2. The van der Waals surface area contributed by atoms with Crippen LogP contribution >= 0.6 is 0 Å². The fourth-order valence-corrected chi connectivity index (χ4v) is 1.28. The van der Waals surface area contributed by atoms with E-state index in [1.54, 1.807) is 6.92 Å². The maximum atomic E-state index is 12.0. The summed E-state index contributed by atoms with van der Waals surface area (Å²) >= 11 is 0. The number of cyclic esters (lactones) is 1. The Morgan fingerprint density at radius 2 is 2.50 bits per heavy atom. The van der Waals surface area contributed by atoms with E-state index in [1.165, 1.54) is 0 Å². The molecule has 3 nitrogen and oxygen atoms in total. The predicted molar refractivity (Wildman–Crippen MR) is 42.5 cm³/mol. The van der Waals surface area contributed by atoms with E-state index in [9.17, 15) is 9.18 Å². The summed E-state index contributed by atoms with van der Waals surface area (Å²) in [4.78, 5) is 11.0. The van der Waals surface area contributed by atoms with Gasteiger partial charge in [0.1, 0.15) is 18.8 Å². The molecule has 0 aliphatic carbocycles. The third kappa shape index (κ3) is 2.17. The first-order valence-corrected chi connectivity index (χ1v) is 4.16. The van der Waals surface area contributed by atoms with Gasteiger partial charge in [0.25, 0.3) is 0 Å². The van der Waals surface area contributed by atoms with Crippen LogP contribution in [0.2, 0.25) is 0 Å². The number of esters is 1. The minimum Gasteiger partial charge on any atom is -0.461 e. The van der Waals surface area contributed by atoms with Gasteiger partial charge in [0.15, 0.2) is 0 Å². The molecular weight excluding hydrogens is 161 g/mol. The molecule has 0 bridgehead atoms. The molecule has 1 aliphatic heterocycles. The number of alkyl halides is 1. The second kappa shape index (κ2) is 3.85. The summed E-state index contributed by atoms with van der Waals surface area (Å²) in [5.74, 6) is -0.261. The second-order valence-corrected chi connectivity index (χ2v) is 3.26. The zero-order valence-corrected chi connectivity index (χ0v) is 7.34. The van der Waals surface area contributed by atoms with Crippen molar-refractivity contribution in [3.8, 4) is 0 Å². The van der Waals surface area contributed by atoms with Gasteiger partial charge in [-0.05, 0) is 13.8 Å². The maximum absolute atomic E-state index is 12.0. The van der Waals surface area contributed by atoms with Crippen LogP contribution in [0.15, 0.2) is 0 Å². The fourth-order valence-electron chi connectivity index (χ4n) is 1.28.